The molecule has 0 fully saturated rings. The molecule has 148 valence electrons. The molecule has 30 heavy (non-hydrogen) atoms. The third-order valence-electron chi connectivity index (χ3n) is 5.12. The van der Waals surface area contributed by atoms with Gasteiger partial charge in [-0.05, 0) is 25.1 Å². The third kappa shape index (κ3) is 2.12. The summed E-state index contributed by atoms with van der Waals surface area (Å²) in [5.74, 6) is 1.91. The summed E-state index contributed by atoms with van der Waals surface area (Å²) in [4.78, 5) is 11.3. The largest absolute Gasteiger partial charge is 0.458 e. The third-order valence-corrected chi connectivity index (χ3v) is 5.12. The first-order valence-electron chi connectivity index (χ1n) is 9.10. The lowest BCUT2D eigenvalue weighted by Gasteiger charge is -2.41. The van der Waals surface area contributed by atoms with Crippen LogP contribution in [0.2, 0.25) is 0 Å². The van der Waals surface area contributed by atoms with E-state index in [0.717, 1.165) is 16.2 Å². The minimum atomic E-state index is -1.67. The summed E-state index contributed by atoms with van der Waals surface area (Å²) in [6, 6.07) is 11.0. The number of nitriles is 1. The van der Waals surface area contributed by atoms with Crippen molar-refractivity contribution in [1.29, 1.82) is 5.26 Å². The van der Waals surface area contributed by atoms with Crippen molar-refractivity contribution < 1.29 is 13.3 Å². The fourth-order valence-electron chi connectivity index (χ4n) is 3.81. The van der Waals surface area contributed by atoms with Crippen LogP contribution in [0.15, 0.2) is 62.4 Å². The summed E-state index contributed by atoms with van der Waals surface area (Å²) in [6.45, 7) is 1.82. The molecule has 10 nitrogen and oxygen atoms in total. The maximum atomic E-state index is 15.0. The number of anilines is 2. The Bertz CT molecular complexity index is 1260. The van der Waals surface area contributed by atoms with Crippen molar-refractivity contribution in [2.45, 2.75) is 19.5 Å². The van der Waals surface area contributed by atoms with Crippen molar-refractivity contribution in [2.24, 2.45) is 4.99 Å². The van der Waals surface area contributed by atoms with Gasteiger partial charge in [0.15, 0.2) is 23.9 Å². The maximum Gasteiger partial charge on any atom is 0.349 e. The lowest BCUT2D eigenvalue weighted by molar-refractivity contribution is 0.190. The zero-order chi connectivity index (χ0) is 20.4. The summed E-state index contributed by atoms with van der Waals surface area (Å²) in [5, 5.41) is 16.6. The Morgan fingerprint density at radius 1 is 1.20 bits per heavy atom. The Kier molecular flexibility index (Phi) is 3.23. The molecule has 6 rings (SSSR count). The van der Waals surface area contributed by atoms with Crippen molar-refractivity contribution in [3.05, 3.63) is 59.7 Å². The van der Waals surface area contributed by atoms with Crippen LogP contribution in [-0.2, 0) is 0 Å². The molecule has 0 N–H and O–H groups in total. The van der Waals surface area contributed by atoms with Crippen LogP contribution in [0.25, 0.3) is 11.6 Å². The van der Waals surface area contributed by atoms with Crippen LogP contribution in [-0.4, -0.2) is 32.8 Å². The first-order valence-corrected chi connectivity index (χ1v) is 9.10. The van der Waals surface area contributed by atoms with Gasteiger partial charge in [-0.2, -0.15) is 19.6 Å². The zero-order valence-electron chi connectivity index (χ0n) is 15.5. The predicted octanol–water partition coefficient (Wildman–Crippen LogP) is 3.07. The molecule has 0 amide bonds. The Morgan fingerprint density at radius 2 is 2.07 bits per heavy atom. The molecule has 0 aliphatic carbocycles. The fraction of sp³-hybridized carbons (Fsp3) is 0.158. The van der Waals surface area contributed by atoms with E-state index in [2.05, 4.69) is 15.1 Å². The highest BCUT2D eigenvalue weighted by molar-refractivity contribution is 5.80. The van der Waals surface area contributed by atoms with E-state index in [0.29, 0.717) is 17.3 Å². The normalized spacial score (nSPS) is 21.4. The number of fused-ring (bicyclic) bond motifs is 6. The maximum absolute atomic E-state index is 15.0. The number of aliphatic imine (C=N–C) groups is 1. The summed E-state index contributed by atoms with van der Waals surface area (Å²) in [7, 11) is 0. The number of hydrazine groups is 1. The number of benzene rings is 1. The fourth-order valence-corrected chi connectivity index (χ4v) is 3.81. The van der Waals surface area contributed by atoms with Crippen LogP contribution in [0.4, 0.5) is 16.1 Å². The van der Waals surface area contributed by atoms with E-state index in [-0.39, 0.29) is 11.8 Å². The van der Waals surface area contributed by atoms with E-state index in [4.69, 9.17) is 8.94 Å². The van der Waals surface area contributed by atoms with Crippen LogP contribution in [0.5, 0.6) is 0 Å². The Morgan fingerprint density at radius 3 is 2.87 bits per heavy atom. The van der Waals surface area contributed by atoms with Crippen LogP contribution in [0.1, 0.15) is 17.5 Å². The molecule has 0 saturated heterocycles. The highest BCUT2D eigenvalue weighted by atomic mass is 19.1. The van der Waals surface area contributed by atoms with Crippen molar-refractivity contribution in [2.75, 3.05) is 9.91 Å². The van der Waals surface area contributed by atoms with E-state index in [9.17, 15) is 5.26 Å². The number of nitrogens with zero attached hydrogens (tertiary/aromatic N) is 8. The number of hydrogen-bond donors (Lipinski definition) is 0. The quantitative estimate of drug-likeness (QED) is 0.471. The Balaban J connectivity index is 1.44. The average Bonchev–Trinajstić information content (AvgIpc) is 3.53. The number of rotatable bonds is 2. The molecular formula is C19H13FN8O2. The second-order valence-corrected chi connectivity index (χ2v) is 6.87. The number of para-hydroxylation sites is 1. The van der Waals surface area contributed by atoms with Crippen LogP contribution >= 0.6 is 0 Å². The smallest absolute Gasteiger partial charge is 0.349 e. The molecule has 2 atom stereocenters. The molecule has 0 radical (unpaired) electrons. The molecule has 5 heterocycles. The zero-order valence-corrected chi connectivity index (χ0v) is 15.5. The number of aromatic nitrogens is 2. The second-order valence-electron chi connectivity index (χ2n) is 6.87. The van der Waals surface area contributed by atoms with Crippen molar-refractivity contribution in [3.8, 4) is 17.8 Å². The van der Waals surface area contributed by atoms with Gasteiger partial charge in [-0.1, -0.05) is 23.4 Å². The van der Waals surface area contributed by atoms with Gasteiger partial charge in [-0.3, -0.25) is 4.90 Å². The van der Waals surface area contributed by atoms with Gasteiger partial charge in [0.05, 0.1) is 11.9 Å². The molecule has 3 aliphatic rings. The van der Waals surface area contributed by atoms with Gasteiger partial charge in [-0.15, -0.1) is 0 Å². The van der Waals surface area contributed by atoms with E-state index in [1.807, 2.05) is 31.3 Å². The highest BCUT2D eigenvalue weighted by Crippen LogP contribution is 2.48. The standard InChI is InChI=1S/C19H13FN8O2/c1-11-6-7-14(29-11)16-23-19(30-24-16)26-10-22-17-12-4-2-3-5-13(12)27-15(28(17)26)8-25(9-21)18(27)20/h2-8,10,17-18H,1H3. The predicted molar refractivity (Wildman–Crippen MR) is 102 cm³/mol. The van der Waals surface area contributed by atoms with E-state index in [1.54, 1.807) is 34.6 Å². The Hall–Kier alpha value is -4.33. The van der Waals surface area contributed by atoms with Gasteiger partial charge in [0, 0.05) is 5.56 Å². The first kappa shape index (κ1) is 16.6. The van der Waals surface area contributed by atoms with E-state index in [1.165, 1.54) is 11.1 Å². The Labute approximate surface area is 169 Å². The van der Waals surface area contributed by atoms with Gasteiger partial charge >= 0.3 is 6.01 Å². The second kappa shape index (κ2) is 5.84. The topological polar surface area (TPSA) is 101 Å². The molecule has 0 spiro atoms. The lowest BCUT2D eigenvalue weighted by atomic mass is 10.1. The summed E-state index contributed by atoms with van der Waals surface area (Å²) in [5.41, 5.74) is 1.43. The number of halogens is 1. The van der Waals surface area contributed by atoms with Crippen molar-refractivity contribution in [3.63, 3.8) is 0 Å². The molecule has 1 aromatic carbocycles. The van der Waals surface area contributed by atoms with E-state index >= 15 is 4.39 Å². The summed E-state index contributed by atoms with van der Waals surface area (Å²) in [6.07, 6.45) is 2.70. The minimum Gasteiger partial charge on any atom is -0.458 e. The number of hydrogen-bond acceptors (Lipinski definition) is 10. The van der Waals surface area contributed by atoms with Crippen LogP contribution < -0.4 is 9.91 Å². The van der Waals surface area contributed by atoms with Crippen LogP contribution in [0, 0.1) is 18.4 Å². The number of furan rings is 1. The van der Waals surface area contributed by atoms with E-state index < -0.39 is 12.6 Å². The highest BCUT2D eigenvalue weighted by Gasteiger charge is 2.49. The van der Waals surface area contributed by atoms with Gasteiger partial charge in [0.1, 0.15) is 12.1 Å². The molecule has 3 aliphatic heterocycles. The molecule has 2 aromatic heterocycles. The number of aryl methyl sites for hydroxylation is 1. The monoisotopic (exact) mass is 404 g/mol. The molecule has 0 bridgehead atoms. The first-order chi connectivity index (χ1) is 14.7. The van der Waals surface area contributed by atoms with Gasteiger partial charge in [-0.25, -0.2) is 14.9 Å². The SMILES string of the molecule is Cc1ccc(-c2noc(N3C=NC4c5ccccc5N5C(=CN(C#N)C5F)N43)n2)o1. The average molecular weight is 404 g/mol. The molecule has 2 unspecified atom stereocenters. The van der Waals surface area contributed by atoms with Gasteiger partial charge in [0.2, 0.25) is 5.82 Å². The molecule has 11 heteroatoms. The van der Waals surface area contributed by atoms with Crippen molar-refractivity contribution in [1.82, 2.24) is 20.0 Å². The molecular weight excluding hydrogens is 391 g/mol. The summed E-state index contributed by atoms with van der Waals surface area (Å²) < 4.78 is 26.0. The van der Waals surface area contributed by atoms with Crippen molar-refractivity contribution >= 4 is 18.0 Å². The van der Waals surface area contributed by atoms with Gasteiger partial charge in [0.25, 0.3) is 6.42 Å². The summed E-state index contributed by atoms with van der Waals surface area (Å²) >= 11 is 0. The van der Waals surface area contributed by atoms with Gasteiger partial charge < -0.3 is 8.94 Å². The lowest BCUT2D eigenvalue weighted by Crippen LogP contribution is -2.48. The molecule has 3 aromatic rings. The minimum absolute atomic E-state index is 0.136. The van der Waals surface area contributed by atoms with Crippen LogP contribution in [0.3, 0.4) is 0 Å². The number of alkyl halides is 1. The molecule has 0 saturated carbocycles.